The van der Waals surface area contributed by atoms with E-state index in [2.05, 4.69) is 41.2 Å². The minimum absolute atomic E-state index is 0.648. The molecule has 0 unspecified atom stereocenters. The van der Waals surface area contributed by atoms with Crippen molar-refractivity contribution in [2.24, 2.45) is 5.92 Å². The molecule has 0 heterocycles. The van der Waals surface area contributed by atoms with Gasteiger partial charge in [0, 0.05) is 5.69 Å². The molecule has 0 amide bonds. The van der Waals surface area contributed by atoms with Crippen molar-refractivity contribution in [2.45, 2.75) is 34.6 Å². The average molecular weight is 205 g/mol. The average Bonchev–Trinajstić information content (AvgIpc) is 2.15. The van der Waals surface area contributed by atoms with Gasteiger partial charge in [0.25, 0.3) is 0 Å². The summed E-state index contributed by atoms with van der Waals surface area (Å²) in [5.41, 5.74) is 10.4. The topological polar surface area (TPSA) is 26.0 Å². The number of anilines is 1. The molecule has 0 saturated carbocycles. The maximum Gasteiger partial charge on any atom is 0.0319 e. The van der Waals surface area contributed by atoms with Gasteiger partial charge in [-0.15, -0.1) is 6.58 Å². The predicted octanol–water partition coefficient (Wildman–Crippen LogP) is 4.02. The second-order valence-corrected chi connectivity index (χ2v) is 4.26. The largest absolute Gasteiger partial charge is 0.399 e. The second-order valence-electron chi connectivity index (χ2n) is 4.26. The Morgan fingerprint density at radius 1 is 1.13 bits per heavy atom. The van der Waals surface area contributed by atoms with Crippen molar-refractivity contribution < 1.29 is 0 Å². The number of hydrogen-bond donors (Lipinski definition) is 1. The highest BCUT2D eigenvalue weighted by atomic mass is 14.5. The van der Waals surface area contributed by atoms with E-state index in [0.29, 0.717) is 5.92 Å². The van der Waals surface area contributed by atoms with E-state index >= 15 is 0 Å². The molecule has 1 rings (SSSR count). The molecule has 0 aliphatic carbocycles. The molecule has 0 aromatic heterocycles. The number of benzene rings is 1. The zero-order valence-corrected chi connectivity index (χ0v) is 10.6. The molecular weight excluding hydrogens is 182 g/mol. The van der Waals surface area contributed by atoms with Crippen LogP contribution in [-0.4, -0.2) is 0 Å². The molecule has 1 heteroatoms. The van der Waals surface area contributed by atoms with Crippen molar-refractivity contribution in [3.8, 4) is 0 Å². The predicted molar refractivity (Wildman–Crippen MR) is 70.1 cm³/mol. The maximum absolute atomic E-state index is 5.63. The zero-order chi connectivity index (χ0) is 12.0. The first kappa shape index (κ1) is 13.8. The first-order chi connectivity index (χ1) is 6.88. The van der Waals surface area contributed by atoms with Crippen LogP contribution in [0.4, 0.5) is 5.69 Å². The molecule has 0 spiro atoms. The van der Waals surface area contributed by atoms with E-state index in [1.165, 1.54) is 16.7 Å². The van der Waals surface area contributed by atoms with E-state index in [-0.39, 0.29) is 0 Å². The van der Waals surface area contributed by atoms with E-state index < -0.39 is 0 Å². The fraction of sp³-hybridized carbons (Fsp3) is 0.429. The third kappa shape index (κ3) is 5.26. The van der Waals surface area contributed by atoms with Crippen molar-refractivity contribution in [3.05, 3.63) is 41.5 Å². The number of hydrogen-bond acceptors (Lipinski definition) is 1. The molecular formula is C14H23N. The SMILES string of the molecule is C=CC(C)C.Cc1cc(N)cc(C)c1C. The molecule has 0 saturated heterocycles. The standard InChI is InChI=1S/C9H13N.C5H10/c1-6-4-9(10)5-7(2)8(6)3;1-4-5(2)3/h4-5H,10H2,1-3H3;4-5H,1H2,2-3H3. The highest BCUT2D eigenvalue weighted by Gasteiger charge is 1.96. The Hall–Kier alpha value is -1.24. The highest BCUT2D eigenvalue weighted by molar-refractivity contribution is 5.48. The molecule has 2 N–H and O–H groups in total. The number of aryl methyl sites for hydroxylation is 2. The van der Waals surface area contributed by atoms with Crippen LogP contribution in [0.15, 0.2) is 24.8 Å². The summed E-state index contributed by atoms with van der Waals surface area (Å²) in [5.74, 6) is 0.648. The van der Waals surface area contributed by atoms with Crippen LogP contribution in [0, 0.1) is 26.7 Å². The minimum Gasteiger partial charge on any atom is -0.399 e. The molecule has 0 bridgehead atoms. The van der Waals surface area contributed by atoms with Crippen LogP contribution >= 0.6 is 0 Å². The Kier molecular flexibility index (Phi) is 5.76. The Balaban J connectivity index is 0.000000336. The van der Waals surface area contributed by atoms with Gasteiger partial charge >= 0.3 is 0 Å². The normalized spacial score (nSPS) is 9.47. The van der Waals surface area contributed by atoms with Crippen LogP contribution in [0.5, 0.6) is 0 Å². The van der Waals surface area contributed by atoms with Crippen LogP contribution in [0.25, 0.3) is 0 Å². The van der Waals surface area contributed by atoms with Gasteiger partial charge in [0.05, 0.1) is 0 Å². The Morgan fingerprint density at radius 2 is 1.47 bits per heavy atom. The molecule has 1 aromatic rings. The summed E-state index contributed by atoms with van der Waals surface area (Å²) in [4.78, 5) is 0. The zero-order valence-electron chi connectivity index (χ0n) is 10.6. The van der Waals surface area contributed by atoms with Gasteiger partial charge in [0.1, 0.15) is 0 Å². The molecule has 0 fully saturated rings. The molecule has 15 heavy (non-hydrogen) atoms. The van der Waals surface area contributed by atoms with Gasteiger partial charge in [0.15, 0.2) is 0 Å². The van der Waals surface area contributed by atoms with Gasteiger partial charge < -0.3 is 5.73 Å². The second kappa shape index (κ2) is 6.28. The summed E-state index contributed by atoms with van der Waals surface area (Å²) >= 11 is 0. The summed E-state index contributed by atoms with van der Waals surface area (Å²) in [6, 6.07) is 4.00. The molecule has 0 aliphatic heterocycles. The van der Waals surface area contributed by atoms with Crippen molar-refractivity contribution in [3.63, 3.8) is 0 Å². The van der Waals surface area contributed by atoms with E-state index in [4.69, 9.17) is 5.73 Å². The van der Waals surface area contributed by atoms with Gasteiger partial charge in [-0.25, -0.2) is 0 Å². The number of rotatable bonds is 1. The molecule has 0 aliphatic rings. The van der Waals surface area contributed by atoms with Gasteiger partial charge in [0.2, 0.25) is 0 Å². The highest BCUT2D eigenvalue weighted by Crippen LogP contribution is 2.15. The lowest BCUT2D eigenvalue weighted by Crippen LogP contribution is -1.91. The quantitative estimate of drug-likeness (QED) is 0.544. The van der Waals surface area contributed by atoms with Gasteiger partial charge in [-0.3, -0.25) is 0 Å². The summed E-state index contributed by atoms with van der Waals surface area (Å²) in [5, 5.41) is 0. The third-order valence-corrected chi connectivity index (χ3v) is 2.42. The fourth-order valence-corrected chi connectivity index (χ4v) is 1.07. The third-order valence-electron chi connectivity index (χ3n) is 2.42. The van der Waals surface area contributed by atoms with E-state index in [9.17, 15) is 0 Å². The smallest absolute Gasteiger partial charge is 0.0319 e. The Labute approximate surface area is 94.0 Å². The summed E-state index contributed by atoms with van der Waals surface area (Å²) in [6.07, 6.45) is 1.92. The van der Waals surface area contributed by atoms with Crippen LogP contribution in [0.1, 0.15) is 30.5 Å². The number of allylic oxidation sites excluding steroid dienone is 1. The lowest BCUT2D eigenvalue weighted by atomic mass is 10.0. The first-order valence-electron chi connectivity index (χ1n) is 5.34. The Morgan fingerprint density at radius 3 is 1.73 bits per heavy atom. The fourth-order valence-electron chi connectivity index (χ4n) is 1.07. The maximum atomic E-state index is 5.63. The van der Waals surface area contributed by atoms with Gasteiger partial charge in [-0.2, -0.15) is 0 Å². The van der Waals surface area contributed by atoms with Crippen molar-refractivity contribution in [1.82, 2.24) is 0 Å². The van der Waals surface area contributed by atoms with Crippen LogP contribution in [0.3, 0.4) is 0 Å². The Bertz CT molecular complexity index is 301. The summed E-state index contributed by atoms with van der Waals surface area (Å²) in [7, 11) is 0. The van der Waals surface area contributed by atoms with E-state index in [1.807, 2.05) is 18.2 Å². The first-order valence-corrected chi connectivity index (χ1v) is 5.34. The summed E-state index contributed by atoms with van der Waals surface area (Å²) in [6.45, 7) is 14.0. The molecule has 0 radical (unpaired) electrons. The number of nitrogens with two attached hydrogens (primary N) is 1. The lowest BCUT2D eigenvalue weighted by molar-refractivity contribution is 0.835. The van der Waals surface area contributed by atoms with Crippen molar-refractivity contribution in [2.75, 3.05) is 5.73 Å². The van der Waals surface area contributed by atoms with Crippen LogP contribution in [0.2, 0.25) is 0 Å². The van der Waals surface area contributed by atoms with E-state index in [0.717, 1.165) is 5.69 Å². The molecule has 84 valence electrons. The van der Waals surface area contributed by atoms with Crippen molar-refractivity contribution >= 4 is 5.69 Å². The van der Waals surface area contributed by atoms with Crippen LogP contribution in [-0.2, 0) is 0 Å². The lowest BCUT2D eigenvalue weighted by Gasteiger charge is -2.04. The van der Waals surface area contributed by atoms with Crippen molar-refractivity contribution in [1.29, 1.82) is 0 Å². The minimum atomic E-state index is 0.648. The van der Waals surface area contributed by atoms with Crippen LogP contribution < -0.4 is 5.73 Å². The monoisotopic (exact) mass is 205 g/mol. The van der Waals surface area contributed by atoms with Gasteiger partial charge in [-0.05, 0) is 55.5 Å². The van der Waals surface area contributed by atoms with Gasteiger partial charge in [-0.1, -0.05) is 19.9 Å². The molecule has 1 aromatic carbocycles. The number of nitrogen functional groups attached to an aromatic ring is 1. The molecule has 0 atom stereocenters. The van der Waals surface area contributed by atoms with E-state index in [1.54, 1.807) is 0 Å². The molecule has 1 nitrogen and oxygen atoms in total. The summed E-state index contributed by atoms with van der Waals surface area (Å²) < 4.78 is 0.